The van der Waals surface area contributed by atoms with E-state index in [1.165, 1.54) is 0 Å². The number of nitrogens with zero attached hydrogens (tertiary/aromatic N) is 3. The fraction of sp³-hybridized carbons (Fsp3) is 0.353. The van der Waals surface area contributed by atoms with E-state index < -0.39 is 5.97 Å². The Balaban J connectivity index is 1.48. The van der Waals surface area contributed by atoms with Crippen LogP contribution < -0.4 is 0 Å². The van der Waals surface area contributed by atoms with Crippen molar-refractivity contribution in [3.8, 4) is 5.69 Å². The molecule has 24 heavy (non-hydrogen) atoms. The highest BCUT2D eigenvalue weighted by molar-refractivity contribution is 5.81. The Morgan fingerprint density at radius 1 is 1.17 bits per heavy atom. The van der Waals surface area contributed by atoms with Crippen LogP contribution in [0.5, 0.6) is 0 Å². The summed E-state index contributed by atoms with van der Waals surface area (Å²) in [6, 6.07) is 9.62. The molecule has 0 unspecified atom stereocenters. The number of rotatable bonds is 5. The van der Waals surface area contributed by atoms with Gasteiger partial charge in [-0.2, -0.15) is 5.10 Å². The SMILES string of the molecule is O=C(Cc1cnn(-c2ccccc2)c1)OCC(=O)N1CCOCC1. The molecular formula is C17H19N3O4. The summed E-state index contributed by atoms with van der Waals surface area (Å²) in [6.45, 7) is 1.91. The van der Waals surface area contributed by atoms with Crippen LogP contribution >= 0.6 is 0 Å². The lowest BCUT2D eigenvalue weighted by Crippen LogP contribution is -2.42. The highest BCUT2D eigenvalue weighted by Gasteiger charge is 2.18. The van der Waals surface area contributed by atoms with Crippen molar-refractivity contribution in [2.24, 2.45) is 0 Å². The van der Waals surface area contributed by atoms with Crippen molar-refractivity contribution < 1.29 is 19.1 Å². The number of carbonyl (C=O) groups is 2. The van der Waals surface area contributed by atoms with E-state index in [1.54, 1.807) is 22.0 Å². The van der Waals surface area contributed by atoms with Gasteiger partial charge in [0.15, 0.2) is 6.61 Å². The first-order valence-electron chi connectivity index (χ1n) is 7.82. The zero-order chi connectivity index (χ0) is 16.8. The molecule has 0 bridgehead atoms. The number of ether oxygens (including phenoxy) is 2. The monoisotopic (exact) mass is 329 g/mol. The first-order valence-corrected chi connectivity index (χ1v) is 7.82. The molecule has 0 radical (unpaired) electrons. The van der Waals surface area contributed by atoms with Crippen molar-refractivity contribution in [2.75, 3.05) is 32.9 Å². The molecular weight excluding hydrogens is 310 g/mol. The van der Waals surface area contributed by atoms with Gasteiger partial charge in [-0.25, -0.2) is 4.68 Å². The maximum absolute atomic E-state index is 11.9. The maximum atomic E-state index is 11.9. The highest BCUT2D eigenvalue weighted by Crippen LogP contribution is 2.08. The van der Waals surface area contributed by atoms with Gasteiger partial charge < -0.3 is 14.4 Å². The summed E-state index contributed by atoms with van der Waals surface area (Å²) in [5.74, 6) is -0.629. The van der Waals surface area contributed by atoms with Crippen LogP contribution in [0.3, 0.4) is 0 Å². The number of hydrogen-bond acceptors (Lipinski definition) is 5. The van der Waals surface area contributed by atoms with E-state index in [-0.39, 0.29) is 18.9 Å². The maximum Gasteiger partial charge on any atom is 0.310 e. The van der Waals surface area contributed by atoms with E-state index in [1.807, 2.05) is 30.3 Å². The summed E-state index contributed by atoms with van der Waals surface area (Å²) in [5, 5.41) is 4.23. The first kappa shape index (κ1) is 16.2. The molecule has 7 heteroatoms. The molecule has 0 N–H and O–H groups in total. The Kier molecular flexibility index (Phi) is 5.22. The van der Waals surface area contributed by atoms with Crippen molar-refractivity contribution in [1.29, 1.82) is 0 Å². The summed E-state index contributed by atoms with van der Waals surface area (Å²) in [4.78, 5) is 25.5. The molecule has 3 rings (SSSR count). The Labute approximate surface area is 139 Å². The molecule has 126 valence electrons. The van der Waals surface area contributed by atoms with Crippen LogP contribution in [-0.4, -0.2) is 59.5 Å². The van der Waals surface area contributed by atoms with Crippen LogP contribution in [0.2, 0.25) is 0 Å². The molecule has 2 aromatic rings. The average Bonchev–Trinajstić information content (AvgIpc) is 3.09. The lowest BCUT2D eigenvalue weighted by molar-refractivity contribution is -0.153. The average molecular weight is 329 g/mol. The standard InChI is InChI=1S/C17H19N3O4/c21-16(19-6-8-23-9-7-19)13-24-17(22)10-14-11-18-20(12-14)15-4-2-1-3-5-15/h1-5,11-12H,6-10,13H2. The minimum absolute atomic E-state index is 0.0865. The van der Waals surface area contributed by atoms with Crippen molar-refractivity contribution in [3.63, 3.8) is 0 Å². The summed E-state index contributed by atoms with van der Waals surface area (Å²) in [7, 11) is 0. The van der Waals surface area contributed by atoms with Gasteiger partial charge in [0.05, 0.1) is 31.5 Å². The number of amides is 1. The zero-order valence-corrected chi connectivity index (χ0v) is 13.3. The van der Waals surface area contributed by atoms with Gasteiger partial charge in [0.25, 0.3) is 5.91 Å². The predicted molar refractivity (Wildman–Crippen MR) is 85.6 cm³/mol. The molecule has 1 aromatic heterocycles. The largest absolute Gasteiger partial charge is 0.455 e. The molecule has 1 fully saturated rings. The van der Waals surface area contributed by atoms with Gasteiger partial charge in [-0.3, -0.25) is 9.59 Å². The molecule has 1 aliphatic heterocycles. The fourth-order valence-electron chi connectivity index (χ4n) is 2.44. The van der Waals surface area contributed by atoms with E-state index in [0.29, 0.717) is 26.3 Å². The number of morpholine rings is 1. The van der Waals surface area contributed by atoms with Gasteiger partial charge >= 0.3 is 5.97 Å². The lowest BCUT2D eigenvalue weighted by Gasteiger charge is -2.26. The second-order valence-corrected chi connectivity index (χ2v) is 5.46. The van der Waals surface area contributed by atoms with Crippen molar-refractivity contribution in [2.45, 2.75) is 6.42 Å². The van der Waals surface area contributed by atoms with E-state index in [9.17, 15) is 9.59 Å². The molecule has 0 saturated carbocycles. The molecule has 1 aliphatic rings. The molecule has 1 amide bonds. The number of esters is 1. The smallest absolute Gasteiger partial charge is 0.310 e. The van der Waals surface area contributed by atoms with Gasteiger partial charge in [-0.15, -0.1) is 0 Å². The number of benzene rings is 1. The highest BCUT2D eigenvalue weighted by atomic mass is 16.5. The number of para-hydroxylation sites is 1. The van der Waals surface area contributed by atoms with Gasteiger partial charge in [-0.1, -0.05) is 18.2 Å². The number of aromatic nitrogens is 2. The molecule has 7 nitrogen and oxygen atoms in total. The van der Waals surface area contributed by atoms with E-state index in [4.69, 9.17) is 9.47 Å². The van der Waals surface area contributed by atoms with Gasteiger partial charge in [-0.05, 0) is 12.1 Å². The normalized spacial score (nSPS) is 14.4. The third-order valence-corrected chi connectivity index (χ3v) is 3.73. The molecule has 0 aliphatic carbocycles. The van der Waals surface area contributed by atoms with E-state index >= 15 is 0 Å². The van der Waals surface area contributed by atoms with Gasteiger partial charge in [0.2, 0.25) is 0 Å². The third kappa shape index (κ3) is 4.20. The Morgan fingerprint density at radius 2 is 1.92 bits per heavy atom. The van der Waals surface area contributed by atoms with Crippen molar-refractivity contribution >= 4 is 11.9 Å². The molecule has 2 heterocycles. The predicted octanol–water partition coefficient (Wildman–Crippen LogP) is 0.817. The topological polar surface area (TPSA) is 73.7 Å². The van der Waals surface area contributed by atoms with Gasteiger partial charge in [0, 0.05) is 24.8 Å². The van der Waals surface area contributed by atoms with Crippen molar-refractivity contribution in [1.82, 2.24) is 14.7 Å². The second-order valence-electron chi connectivity index (χ2n) is 5.46. The van der Waals surface area contributed by atoms with Crippen molar-refractivity contribution in [3.05, 3.63) is 48.3 Å². The molecule has 0 atom stereocenters. The number of carbonyl (C=O) groups excluding carboxylic acids is 2. The van der Waals surface area contributed by atoms with E-state index in [2.05, 4.69) is 5.10 Å². The van der Waals surface area contributed by atoms with Crippen LogP contribution in [0, 0.1) is 0 Å². The van der Waals surface area contributed by atoms with Crippen LogP contribution in [0.4, 0.5) is 0 Å². The van der Waals surface area contributed by atoms with Crippen LogP contribution in [0.1, 0.15) is 5.56 Å². The van der Waals surface area contributed by atoms with Gasteiger partial charge in [0.1, 0.15) is 0 Å². The van der Waals surface area contributed by atoms with Crippen LogP contribution in [0.15, 0.2) is 42.7 Å². The summed E-state index contributed by atoms with van der Waals surface area (Å²) in [5.41, 5.74) is 1.65. The fourth-order valence-corrected chi connectivity index (χ4v) is 2.44. The zero-order valence-electron chi connectivity index (χ0n) is 13.3. The van der Waals surface area contributed by atoms with E-state index in [0.717, 1.165) is 11.3 Å². The molecule has 0 spiro atoms. The lowest BCUT2D eigenvalue weighted by atomic mass is 10.2. The first-order chi connectivity index (χ1) is 11.7. The Morgan fingerprint density at radius 3 is 2.67 bits per heavy atom. The Bertz CT molecular complexity index is 693. The van der Waals surface area contributed by atoms with Crippen LogP contribution in [0.25, 0.3) is 5.69 Å². The summed E-state index contributed by atoms with van der Waals surface area (Å²) in [6.07, 6.45) is 3.49. The van der Waals surface area contributed by atoms with Crippen LogP contribution in [-0.2, 0) is 25.5 Å². The minimum Gasteiger partial charge on any atom is -0.455 e. The quantitative estimate of drug-likeness (QED) is 0.759. The summed E-state index contributed by atoms with van der Waals surface area (Å²) >= 11 is 0. The Hall–Kier alpha value is -2.67. The molecule has 1 saturated heterocycles. The summed E-state index contributed by atoms with van der Waals surface area (Å²) < 4.78 is 11.9. The number of hydrogen-bond donors (Lipinski definition) is 0. The molecule has 1 aromatic carbocycles. The third-order valence-electron chi connectivity index (χ3n) is 3.73. The second kappa shape index (κ2) is 7.74. The minimum atomic E-state index is -0.441.